The van der Waals surface area contributed by atoms with E-state index in [9.17, 15) is 14.7 Å². The number of ether oxygens (including phenoxy) is 1. The number of benzene rings is 3. The molecule has 0 spiro atoms. The van der Waals surface area contributed by atoms with Crippen LogP contribution in [0.15, 0.2) is 96.7 Å². The molecule has 1 aliphatic heterocycles. The maximum atomic E-state index is 13.8. The SMILES string of the molecule is Cc1ccc2nc(N3C(=O)C(=O)/C(=C(/O)c4nc5c(C)cccn5c4C)C3c3cccc(OCc4ccccc4)c3)sc2c1. The molecule has 44 heavy (non-hydrogen) atoms. The summed E-state index contributed by atoms with van der Waals surface area (Å²) in [7, 11) is 0. The van der Waals surface area contributed by atoms with E-state index in [4.69, 9.17) is 14.7 Å². The van der Waals surface area contributed by atoms with E-state index in [1.807, 2.05) is 110 Å². The van der Waals surface area contributed by atoms with Crippen molar-refractivity contribution in [2.45, 2.75) is 33.4 Å². The van der Waals surface area contributed by atoms with Crippen LogP contribution >= 0.6 is 11.3 Å². The molecule has 3 aromatic carbocycles. The smallest absolute Gasteiger partial charge is 0.301 e. The summed E-state index contributed by atoms with van der Waals surface area (Å²) in [4.78, 5) is 38.5. The number of carbonyl (C=O) groups is 2. The molecule has 0 saturated carbocycles. The average Bonchev–Trinajstić information content (AvgIpc) is 3.68. The number of aliphatic hydroxyl groups excluding tert-OH is 1. The summed E-state index contributed by atoms with van der Waals surface area (Å²) in [6, 6.07) is 25.8. The standard InChI is InChI=1S/C35H28N4O4S/c1-20-14-15-26-27(17-20)44-35(36-26)39-30(24-12-7-13-25(18-24)43-19-23-10-5-4-6-11-23)28(32(41)34(39)42)31(40)29-22(3)38-16-8-9-21(2)33(38)37-29/h4-18,30,40H,19H2,1-3H3/b31-28+. The predicted molar refractivity (Wildman–Crippen MR) is 171 cm³/mol. The van der Waals surface area contributed by atoms with Crippen LogP contribution in [0.3, 0.4) is 0 Å². The number of pyridine rings is 1. The van der Waals surface area contributed by atoms with E-state index in [1.54, 1.807) is 6.07 Å². The zero-order valence-corrected chi connectivity index (χ0v) is 25.1. The fourth-order valence-electron chi connectivity index (χ4n) is 5.66. The van der Waals surface area contributed by atoms with Crippen LogP contribution in [0.5, 0.6) is 5.75 Å². The minimum Gasteiger partial charge on any atom is -0.505 e. The van der Waals surface area contributed by atoms with Gasteiger partial charge in [0, 0.05) is 6.20 Å². The van der Waals surface area contributed by atoms with Gasteiger partial charge in [0.1, 0.15) is 23.7 Å². The van der Waals surface area contributed by atoms with Crippen LogP contribution in [0, 0.1) is 20.8 Å². The van der Waals surface area contributed by atoms with Crippen LogP contribution < -0.4 is 9.64 Å². The second-order valence-corrected chi connectivity index (χ2v) is 11.9. The van der Waals surface area contributed by atoms with Crippen molar-refractivity contribution in [3.05, 3.63) is 130 Å². The van der Waals surface area contributed by atoms with Crippen molar-refractivity contribution in [3.63, 3.8) is 0 Å². The number of hydrogen-bond donors (Lipinski definition) is 1. The number of aliphatic hydroxyl groups is 1. The first kappa shape index (κ1) is 27.5. The van der Waals surface area contributed by atoms with Crippen LogP contribution in [0.4, 0.5) is 5.13 Å². The van der Waals surface area contributed by atoms with E-state index in [2.05, 4.69) is 0 Å². The second kappa shape index (κ2) is 10.8. The highest BCUT2D eigenvalue weighted by atomic mass is 32.1. The number of rotatable bonds is 6. The van der Waals surface area contributed by atoms with Gasteiger partial charge in [-0.2, -0.15) is 0 Å². The molecule has 6 aromatic rings. The summed E-state index contributed by atoms with van der Waals surface area (Å²) in [5, 5.41) is 12.2. The van der Waals surface area contributed by atoms with Gasteiger partial charge in [-0.3, -0.25) is 14.5 Å². The number of anilines is 1. The van der Waals surface area contributed by atoms with Crippen molar-refractivity contribution < 1.29 is 19.4 Å². The van der Waals surface area contributed by atoms with E-state index in [-0.39, 0.29) is 17.0 Å². The molecule has 0 aliphatic carbocycles. The number of hydrogen-bond acceptors (Lipinski definition) is 7. The first-order valence-electron chi connectivity index (χ1n) is 14.2. The first-order valence-corrected chi connectivity index (χ1v) is 15.0. The third-order valence-corrected chi connectivity index (χ3v) is 8.93. The highest BCUT2D eigenvalue weighted by Crippen LogP contribution is 2.45. The Bertz CT molecular complexity index is 2130. The fourth-order valence-corrected chi connectivity index (χ4v) is 6.75. The number of ketones is 1. The molecular formula is C35H28N4O4S. The van der Waals surface area contributed by atoms with Crippen molar-refractivity contribution in [1.29, 1.82) is 0 Å². The molecule has 1 saturated heterocycles. The summed E-state index contributed by atoms with van der Waals surface area (Å²) < 4.78 is 8.87. The van der Waals surface area contributed by atoms with Gasteiger partial charge in [0.2, 0.25) is 0 Å². The van der Waals surface area contributed by atoms with Gasteiger partial charge < -0.3 is 14.2 Å². The Balaban J connectivity index is 1.39. The third-order valence-electron chi connectivity index (χ3n) is 7.91. The maximum absolute atomic E-state index is 13.8. The minimum atomic E-state index is -0.956. The monoisotopic (exact) mass is 600 g/mol. The van der Waals surface area contributed by atoms with E-state index in [0.29, 0.717) is 34.4 Å². The number of aryl methyl sites for hydroxylation is 3. The lowest BCUT2D eigenvalue weighted by Gasteiger charge is -2.23. The van der Waals surface area contributed by atoms with Gasteiger partial charge in [-0.15, -0.1) is 0 Å². The number of aromatic nitrogens is 3. The Kier molecular flexibility index (Phi) is 6.74. The van der Waals surface area contributed by atoms with Crippen LogP contribution in [0.25, 0.3) is 21.6 Å². The molecule has 0 radical (unpaired) electrons. The van der Waals surface area contributed by atoms with E-state index < -0.39 is 17.7 Å². The van der Waals surface area contributed by atoms with Gasteiger partial charge in [-0.25, -0.2) is 9.97 Å². The van der Waals surface area contributed by atoms with Crippen LogP contribution in [0.1, 0.15) is 39.7 Å². The van der Waals surface area contributed by atoms with Crippen molar-refractivity contribution in [2.75, 3.05) is 4.90 Å². The first-order chi connectivity index (χ1) is 21.3. The summed E-state index contributed by atoms with van der Waals surface area (Å²) in [5.74, 6) is -1.33. The normalized spacial score (nSPS) is 16.3. The fraction of sp³-hybridized carbons (Fsp3) is 0.143. The van der Waals surface area contributed by atoms with Gasteiger partial charge in [-0.1, -0.05) is 65.9 Å². The summed E-state index contributed by atoms with van der Waals surface area (Å²) in [6.07, 6.45) is 1.86. The zero-order chi connectivity index (χ0) is 30.5. The molecule has 4 heterocycles. The third kappa shape index (κ3) is 4.62. The van der Waals surface area contributed by atoms with Crippen LogP contribution in [0.2, 0.25) is 0 Å². The predicted octanol–water partition coefficient (Wildman–Crippen LogP) is 7.07. The second-order valence-electron chi connectivity index (χ2n) is 10.9. The number of amides is 1. The molecule has 218 valence electrons. The summed E-state index contributed by atoms with van der Waals surface area (Å²) >= 11 is 1.33. The molecule has 1 unspecified atom stereocenters. The molecule has 1 atom stereocenters. The number of carbonyl (C=O) groups excluding carboxylic acids is 2. The molecule has 1 N–H and O–H groups in total. The molecule has 7 rings (SSSR count). The van der Waals surface area contributed by atoms with E-state index >= 15 is 0 Å². The Labute approximate surface area is 257 Å². The van der Waals surface area contributed by atoms with Crippen molar-refractivity contribution in [1.82, 2.24) is 14.4 Å². The molecule has 3 aromatic heterocycles. The summed E-state index contributed by atoms with van der Waals surface area (Å²) in [6.45, 7) is 6.10. The van der Waals surface area contributed by atoms with Crippen LogP contribution in [-0.2, 0) is 16.2 Å². The molecule has 8 nitrogen and oxygen atoms in total. The molecule has 1 aliphatic rings. The largest absolute Gasteiger partial charge is 0.505 e. The lowest BCUT2D eigenvalue weighted by molar-refractivity contribution is -0.132. The number of fused-ring (bicyclic) bond motifs is 2. The molecule has 1 fully saturated rings. The number of imidazole rings is 1. The van der Waals surface area contributed by atoms with E-state index in [0.717, 1.165) is 26.9 Å². The highest BCUT2D eigenvalue weighted by Gasteiger charge is 2.48. The highest BCUT2D eigenvalue weighted by molar-refractivity contribution is 7.22. The Morgan fingerprint density at radius 3 is 2.55 bits per heavy atom. The van der Waals surface area contributed by atoms with Crippen molar-refractivity contribution >= 4 is 49.8 Å². The van der Waals surface area contributed by atoms with E-state index in [1.165, 1.54) is 16.2 Å². The average molecular weight is 601 g/mol. The molecule has 0 bridgehead atoms. The molecular weight excluding hydrogens is 572 g/mol. The quantitative estimate of drug-likeness (QED) is 0.125. The van der Waals surface area contributed by atoms with Crippen LogP contribution in [-0.4, -0.2) is 31.2 Å². The van der Waals surface area contributed by atoms with Gasteiger partial charge in [0.05, 0.1) is 27.5 Å². The lowest BCUT2D eigenvalue weighted by atomic mass is 9.96. The zero-order valence-electron chi connectivity index (χ0n) is 24.3. The van der Waals surface area contributed by atoms with Gasteiger partial charge >= 0.3 is 5.91 Å². The van der Waals surface area contributed by atoms with Gasteiger partial charge in [0.25, 0.3) is 5.78 Å². The summed E-state index contributed by atoms with van der Waals surface area (Å²) in [5.41, 5.74) is 5.83. The molecule has 9 heteroatoms. The van der Waals surface area contributed by atoms with Crippen molar-refractivity contribution in [2.24, 2.45) is 0 Å². The van der Waals surface area contributed by atoms with Gasteiger partial charge in [-0.05, 0) is 73.4 Å². The number of Topliss-reactive ketones (excluding diaryl/α,β-unsaturated/α-hetero) is 1. The Morgan fingerprint density at radius 1 is 0.932 bits per heavy atom. The Morgan fingerprint density at radius 2 is 1.75 bits per heavy atom. The number of nitrogens with zero attached hydrogens (tertiary/aromatic N) is 4. The minimum absolute atomic E-state index is 0.0465. The van der Waals surface area contributed by atoms with Gasteiger partial charge in [0.15, 0.2) is 10.9 Å². The van der Waals surface area contributed by atoms with Crippen molar-refractivity contribution in [3.8, 4) is 5.75 Å². The number of thiazole rings is 1. The molecule has 1 amide bonds. The topological polar surface area (TPSA) is 97.0 Å². The lowest BCUT2D eigenvalue weighted by Crippen LogP contribution is -2.29. The maximum Gasteiger partial charge on any atom is 0.301 e. The Hall–Kier alpha value is -5.28.